The maximum Gasteiger partial charge on any atom is 0.339 e. The number of aliphatic hydroxyl groups excluding tert-OH is 1. The number of halogens is 4. The van der Waals surface area contributed by atoms with E-state index in [0.29, 0.717) is 47.7 Å². The summed E-state index contributed by atoms with van der Waals surface area (Å²) in [5, 5.41) is 41.1. The predicted molar refractivity (Wildman–Crippen MR) is 545 cm³/mol. The molecule has 17 N–H and O–H groups in total. The summed E-state index contributed by atoms with van der Waals surface area (Å²) in [6, 6.07) is 62.3. The monoisotopic (exact) mass is 2180 g/mol. The van der Waals surface area contributed by atoms with E-state index < -0.39 is 11.2 Å². The third-order valence-corrected chi connectivity index (χ3v) is 21.7. The Bertz CT molecular complexity index is 5330. The number of hydrazine groups is 3. The Balaban J connectivity index is -0.00000144. The average Bonchev–Trinajstić information content (AvgIpc) is 1.74. The zero-order valence-corrected chi connectivity index (χ0v) is 80.9. The van der Waals surface area contributed by atoms with Gasteiger partial charge in [-0.2, -0.15) is 10.2 Å². The van der Waals surface area contributed by atoms with Crippen molar-refractivity contribution in [1.82, 2.24) is 36.0 Å². The Morgan fingerprint density at radius 2 is 0.797 bits per heavy atom. The number of carbonyl (C=O) groups is 6. The molecule has 4 heterocycles. The number of aliphatic hydroxyl groups is 1. The molecule has 3 aromatic heterocycles. The fourth-order valence-corrected chi connectivity index (χ4v) is 16.2. The van der Waals surface area contributed by atoms with Crippen LogP contribution in [0, 0.1) is 17.8 Å². The molecule has 7 aliphatic carbocycles. The number of aliphatic carboxylic acids is 1. The number of ether oxygens (including phenoxy) is 1. The maximum absolute atomic E-state index is 12.4. The first kappa shape index (κ1) is 126. The second-order valence-corrected chi connectivity index (χ2v) is 36.8. The first-order chi connectivity index (χ1) is 59.6. The van der Waals surface area contributed by atoms with Gasteiger partial charge in [0.25, 0.3) is 5.56 Å². The van der Waals surface area contributed by atoms with E-state index in [9.17, 15) is 38.1 Å². The number of H-pyrrole nitrogens is 1. The molecule has 0 saturated heterocycles. The molecule has 3 unspecified atom stereocenters. The Kier molecular flexibility index (Phi) is 62.4. The van der Waals surface area contributed by atoms with Crippen LogP contribution in [-0.4, -0.2) is 100 Å². The van der Waals surface area contributed by atoms with E-state index in [2.05, 4.69) is 183 Å². The number of benzene rings is 7. The number of amides is 1. The zero-order valence-electron chi connectivity index (χ0n) is 70.5. The van der Waals surface area contributed by atoms with Gasteiger partial charge in [-0.1, -0.05) is 241 Å². The predicted octanol–water partition coefficient (Wildman–Crippen LogP) is 21.4. The van der Waals surface area contributed by atoms with Crippen LogP contribution >= 0.6 is 50.5 Å². The number of hydrogen-bond donors (Lipinski definition) is 10. The zero-order chi connectivity index (χ0) is 88.6. The summed E-state index contributed by atoms with van der Waals surface area (Å²) in [6.45, 7) is 4.08. The van der Waals surface area contributed by atoms with Gasteiger partial charge in [0.15, 0.2) is 28.3 Å². The van der Waals surface area contributed by atoms with Crippen LogP contribution in [0.15, 0.2) is 198 Å². The number of carboxylic acid groups (broad SMARTS) is 1. The van der Waals surface area contributed by atoms with Gasteiger partial charge in [-0.15, -0.1) is 20.4 Å². The first-order valence-corrected chi connectivity index (χ1v) is 46.2. The number of esters is 1. The molecule has 0 fully saturated rings. The second kappa shape index (κ2) is 66.0. The Morgan fingerprint density at radius 1 is 0.459 bits per heavy atom. The fourth-order valence-electron chi connectivity index (χ4n) is 16.1. The van der Waals surface area contributed by atoms with Gasteiger partial charge in [-0.25, -0.2) is 16.4 Å². The molecule has 0 radical (unpaired) electrons. The smallest absolute Gasteiger partial charge is 0.339 e. The van der Waals surface area contributed by atoms with Crippen molar-refractivity contribution in [2.45, 2.75) is 234 Å². The summed E-state index contributed by atoms with van der Waals surface area (Å²) < 4.78 is 14.4. The first-order valence-electron chi connectivity index (χ1n) is 41.4. The number of aromatic nitrogens is 6. The number of aromatic amines is 1. The number of nitrogens with two attached hydrogens (primary N) is 5. The third-order valence-electron chi connectivity index (χ3n) is 21.5. The number of nitrogens with one attached hydrogen (secondary N) is 3. The van der Waals surface area contributed by atoms with Crippen LogP contribution in [0.25, 0.3) is 33.8 Å². The number of nitrogen functional groups attached to an aromatic ring is 1. The van der Waals surface area contributed by atoms with Gasteiger partial charge < -0.3 is 25.9 Å². The number of hydrazone groups is 1. The van der Waals surface area contributed by atoms with E-state index in [1.807, 2.05) is 97.1 Å². The molecule has 18 rings (SSSR count). The molecule has 26 nitrogen and oxygen atoms in total. The average molecular weight is 2190 g/mol. The van der Waals surface area contributed by atoms with Gasteiger partial charge in [-0.3, -0.25) is 61.5 Å². The van der Waals surface area contributed by atoms with E-state index in [1.54, 1.807) is 26.0 Å². The Labute approximate surface area is 801 Å². The maximum atomic E-state index is 12.4. The van der Waals surface area contributed by atoms with Crippen LogP contribution in [0.2, 0.25) is 5.15 Å². The number of carboxylic acids is 1. The van der Waals surface area contributed by atoms with Crippen molar-refractivity contribution in [3.05, 3.63) is 281 Å². The van der Waals surface area contributed by atoms with Crippen LogP contribution in [0.4, 0.5) is 5.82 Å². The SMILES string of the molecule is C.C.C.C.C.C.C.C.CCO.CCOC(=O)CC1CCCc2ccccc2C1=O.Clc1cc2c(nn1)-c1ccccc1CCC2.NN.NN.NNc1cc2c(nn1)-c1ccccc1CCC2.O.O=C(O)CC1CCCc2ccccc2C1=O.O=C1CC2CCCc3ccccc3C2=NN1.O=C1CCCCc2ccccc21.O=P(Cl)(Cl)Cl.O=c1cc2c(n[nH]1)-c1ccccc1CCC2.[Db]. The van der Waals surface area contributed by atoms with Gasteiger partial charge in [0.05, 0.1) is 42.2 Å². The van der Waals surface area contributed by atoms with Crippen LogP contribution < -0.4 is 45.6 Å². The topological polar surface area (TPSA) is 465 Å². The summed E-state index contributed by atoms with van der Waals surface area (Å²) in [7, 11) is 0. The largest absolute Gasteiger partial charge is 0.481 e. The molecule has 0 saturated carbocycles. The Hall–Kier alpha value is -11.4. The molecule has 724 valence electrons. The Morgan fingerprint density at radius 3 is 1.24 bits per heavy atom. The van der Waals surface area contributed by atoms with Gasteiger partial charge in [-0.05, 0) is 250 Å². The van der Waals surface area contributed by atoms with Crippen molar-refractivity contribution in [2.24, 2.45) is 52.1 Å². The van der Waals surface area contributed by atoms with E-state index in [1.165, 1.54) is 55.6 Å². The minimum absolute atomic E-state index is 0. The van der Waals surface area contributed by atoms with Crippen molar-refractivity contribution >= 4 is 97.2 Å². The van der Waals surface area contributed by atoms with Crippen molar-refractivity contribution in [1.29, 1.82) is 0 Å². The minimum atomic E-state index is -3.22. The molecule has 1 amide bonds. The molecule has 1 aliphatic heterocycles. The summed E-state index contributed by atoms with van der Waals surface area (Å²) >= 11 is 19.7. The summed E-state index contributed by atoms with van der Waals surface area (Å²) in [6.07, 6.45) is 22.8. The number of aryl methyl sites for hydroxylation is 10. The van der Waals surface area contributed by atoms with E-state index in [-0.39, 0.29) is 125 Å². The van der Waals surface area contributed by atoms with E-state index >= 15 is 0 Å². The van der Waals surface area contributed by atoms with Crippen molar-refractivity contribution < 1.29 is 53.8 Å². The molecule has 0 spiro atoms. The van der Waals surface area contributed by atoms with E-state index in [4.69, 9.17) is 32.4 Å². The van der Waals surface area contributed by atoms with Crippen LogP contribution in [0.5, 0.6) is 0 Å². The van der Waals surface area contributed by atoms with Crippen molar-refractivity contribution in [3.63, 3.8) is 0 Å². The van der Waals surface area contributed by atoms with Gasteiger partial charge in [0, 0.05) is 82.2 Å². The molecule has 133 heavy (non-hydrogen) atoms. The normalized spacial score (nSPS) is 15.0. The molecule has 10 aromatic rings. The van der Waals surface area contributed by atoms with Crippen LogP contribution in [0.3, 0.4) is 0 Å². The molecule has 8 aliphatic rings. The molecule has 0 bridgehead atoms. The van der Waals surface area contributed by atoms with Gasteiger partial charge in [0.2, 0.25) is 5.91 Å². The van der Waals surface area contributed by atoms with Gasteiger partial charge >= 0.3 is 17.1 Å². The van der Waals surface area contributed by atoms with Crippen LogP contribution in [0.1, 0.15) is 262 Å². The molecule has 32 heteroatoms. The van der Waals surface area contributed by atoms with E-state index in [0.717, 1.165) is 191 Å². The number of anilines is 1. The number of nitrogens with zero attached hydrogens (tertiary/aromatic N) is 6. The number of rotatable bonds is 6. The second-order valence-electron chi connectivity index (χ2n) is 29.7. The number of ketones is 3. The minimum Gasteiger partial charge on any atom is -0.481 e. The third kappa shape index (κ3) is 38.6. The van der Waals surface area contributed by atoms with Gasteiger partial charge in [0.1, 0.15) is 0 Å². The fraction of sp³-hybridized carbons (Fsp3) is 0.396. The van der Waals surface area contributed by atoms with Crippen molar-refractivity contribution in [3.8, 4) is 33.8 Å². The van der Waals surface area contributed by atoms with Crippen molar-refractivity contribution in [2.75, 3.05) is 18.6 Å². The quantitative estimate of drug-likeness (QED) is 0.0243. The summed E-state index contributed by atoms with van der Waals surface area (Å²) in [5.41, 5.74) is 28.6. The molecule has 7 aromatic carbocycles. The number of Topliss-reactive ketones (excluding diaryl/α,β-unsaturated/α-hetero) is 3. The number of hydrogen-bond acceptors (Lipinski definition) is 22. The molecule has 3 atom stereocenters. The summed E-state index contributed by atoms with van der Waals surface area (Å²) in [5.74, 6) is 21.0. The van der Waals surface area contributed by atoms with Crippen LogP contribution in [-0.2, 0) is 87.9 Å². The molecular formula is C101H143Cl4DbN14O12P. The summed E-state index contributed by atoms with van der Waals surface area (Å²) in [4.78, 5) is 80.7. The number of carbonyl (C=O) groups excluding carboxylic acids is 5. The number of fused-ring (bicyclic) bond motifs is 15. The standard InChI is InChI=1S/C15H18O3.C13H11ClN2.C13H14N4.C13H14N2O.C13H12N2O.C13H14O3.C11H12O.C2H6O.8CH4.Cl3OP.Db.2H4N2.H2O/c1-2-18-14(16)10-12-8-5-7-11-6-3-4-9-13(11)15(12)17;14-12-8-10-6-3-5-9-4-1-2-7-11(9)13(10)16-15-12;14-15-12-8-10-6-3-5-9-4-1-2-7-11(9)13(10)17-16-12;2*16-12-8-10-6-3-5-9-4-1-2-7-11(9)13(10)15-14-12;14-12(15)8-10-6-3-5-9-4-1-2-7-11(9)13(10)16;12-11-8-4-2-6-9-5-1-3-7-10(9)11;1-2-3;;;;;;;;;1-5(2,3)4;;2*1-2;/h3-4,6,9,12H,2,5,7-8,10H2,1H3;1-2,4,7-8H,3,5-6H2;1-2,4,7-8H,3,5-6,14H2,(H,15,16);1-2,4,7,10H,3,5-6,8H2,(H,14,16);1-2,4,7-8H,3,5-6H2,(H,14,16);1-2,4,7,10H,3,5-6,8H2,(H,14,15);1,3,5,7H,2,4,6,8H2;3H,2H2,1H3;8*1H4;;;2*1-2H2;1H2. The molecular weight excluding hydrogens is 2040 g/mol.